The van der Waals surface area contributed by atoms with Crippen molar-refractivity contribution in [1.82, 2.24) is 4.68 Å². The van der Waals surface area contributed by atoms with Crippen LogP contribution in [0.5, 0.6) is 0 Å². The number of benzene rings is 2. The molecule has 2 aromatic carbocycles. The van der Waals surface area contributed by atoms with Gasteiger partial charge in [-0.05, 0) is 34.7 Å². The second kappa shape index (κ2) is 8.48. The smallest absolute Gasteiger partial charge is 0.206 e. The maximum atomic E-state index is 6.08. The summed E-state index contributed by atoms with van der Waals surface area (Å²) in [6, 6.07) is 22.0. The van der Waals surface area contributed by atoms with Gasteiger partial charge in [0.25, 0.3) is 0 Å². The topological polar surface area (TPSA) is 29.6 Å². The molecule has 27 heavy (non-hydrogen) atoms. The van der Waals surface area contributed by atoms with Gasteiger partial charge in [0.05, 0.1) is 23.3 Å². The molecule has 0 atom stereocenters. The zero-order valence-electron chi connectivity index (χ0n) is 14.3. The van der Waals surface area contributed by atoms with E-state index in [1.165, 1.54) is 5.56 Å². The Balaban J connectivity index is 1.73. The Morgan fingerprint density at radius 2 is 1.85 bits per heavy atom. The highest BCUT2D eigenvalue weighted by Gasteiger charge is 2.08. The minimum Gasteiger partial charge on any atom is -0.253 e. The number of hydrogen-bond acceptors (Lipinski definition) is 4. The van der Waals surface area contributed by atoms with Crippen LogP contribution in [-0.2, 0) is 6.54 Å². The molecule has 0 fully saturated rings. The number of thiazole rings is 1. The molecule has 0 spiro atoms. The molecule has 0 N–H and O–H groups in total. The van der Waals surface area contributed by atoms with Crippen molar-refractivity contribution in [3.05, 3.63) is 98.4 Å². The molecule has 0 radical (unpaired) electrons. The average Bonchev–Trinajstić information content (AvgIpc) is 3.35. The van der Waals surface area contributed by atoms with E-state index in [2.05, 4.69) is 29.0 Å². The fourth-order valence-electron chi connectivity index (χ4n) is 2.57. The monoisotopic (exact) mass is 409 g/mol. The van der Waals surface area contributed by atoms with E-state index in [1.54, 1.807) is 22.7 Å². The van der Waals surface area contributed by atoms with Crippen LogP contribution >= 0.6 is 34.3 Å². The lowest BCUT2D eigenvalue weighted by Crippen LogP contribution is -2.12. The molecule has 3 nitrogen and oxygen atoms in total. The van der Waals surface area contributed by atoms with Gasteiger partial charge in [-0.15, -0.1) is 22.7 Å². The maximum absolute atomic E-state index is 6.08. The van der Waals surface area contributed by atoms with Crippen LogP contribution in [-0.4, -0.2) is 10.9 Å². The summed E-state index contributed by atoms with van der Waals surface area (Å²) in [4.78, 5) is 6.81. The van der Waals surface area contributed by atoms with Crippen LogP contribution in [0.2, 0.25) is 5.02 Å². The molecule has 134 valence electrons. The van der Waals surface area contributed by atoms with Crippen LogP contribution in [0.25, 0.3) is 10.6 Å². The summed E-state index contributed by atoms with van der Waals surface area (Å²) in [6.07, 6.45) is 1.82. The third-order valence-electron chi connectivity index (χ3n) is 3.87. The summed E-state index contributed by atoms with van der Waals surface area (Å²) in [5.41, 5.74) is 3.17. The number of thiophene rings is 1. The molecule has 2 heterocycles. The first-order valence-electron chi connectivity index (χ1n) is 8.38. The summed E-state index contributed by atoms with van der Waals surface area (Å²) < 4.78 is 1.90. The molecule has 0 aliphatic heterocycles. The van der Waals surface area contributed by atoms with Crippen molar-refractivity contribution in [3.63, 3.8) is 0 Å². The maximum Gasteiger partial charge on any atom is 0.206 e. The van der Waals surface area contributed by atoms with Gasteiger partial charge in [0.2, 0.25) is 4.80 Å². The van der Waals surface area contributed by atoms with Gasteiger partial charge in [-0.3, -0.25) is 4.99 Å². The molecule has 2 aromatic heterocycles. The van der Waals surface area contributed by atoms with Gasteiger partial charge in [-0.25, -0.2) is 4.68 Å². The van der Waals surface area contributed by atoms with Gasteiger partial charge >= 0.3 is 0 Å². The molecular formula is C21H16ClN3S2. The molecule has 6 heteroatoms. The third-order valence-corrected chi connectivity index (χ3v) is 5.85. The Morgan fingerprint density at radius 1 is 0.963 bits per heavy atom. The molecule has 0 aliphatic carbocycles. The third kappa shape index (κ3) is 4.45. The highest BCUT2D eigenvalue weighted by atomic mass is 35.5. The van der Waals surface area contributed by atoms with Crippen LogP contribution in [0.15, 0.2) is 87.6 Å². The number of halogens is 1. The van der Waals surface area contributed by atoms with Crippen molar-refractivity contribution in [2.45, 2.75) is 6.54 Å². The van der Waals surface area contributed by atoms with E-state index in [0.717, 1.165) is 20.9 Å². The molecule has 0 amide bonds. The summed E-state index contributed by atoms with van der Waals surface area (Å²) in [7, 11) is 0. The van der Waals surface area contributed by atoms with E-state index in [-0.39, 0.29) is 0 Å². The van der Waals surface area contributed by atoms with E-state index >= 15 is 0 Å². The van der Waals surface area contributed by atoms with Crippen molar-refractivity contribution >= 4 is 40.5 Å². The molecule has 4 aromatic rings. The van der Waals surface area contributed by atoms with Crippen molar-refractivity contribution in [3.8, 4) is 10.6 Å². The number of aromatic nitrogens is 1. The molecular weight excluding hydrogens is 394 g/mol. The SMILES string of the molecule is Clc1cccc(C=Nn2c(-c3cccs3)csc2=NCc2ccccc2)c1. The van der Waals surface area contributed by atoms with E-state index in [1.807, 2.05) is 59.4 Å². The minimum absolute atomic E-state index is 0.623. The van der Waals surface area contributed by atoms with Crippen molar-refractivity contribution in [2.24, 2.45) is 10.1 Å². The van der Waals surface area contributed by atoms with Crippen LogP contribution in [0.1, 0.15) is 11.1 Å². The number of hydrogen-bond donors (Lipinski definition) is 0. The highest BCUT2D eigenvalue weighted by molar-refractivity contribution is 7.14. The average molecular weight is 410 g/mol. The van der Waals surface area contributed by atoms with Gasteiger partial charge in [-0.1, -0.05) is 60.1 Å². The van der Waals surface area contributed by atoms with Crippen LogP contribution in [0.4, 0.5) is 0 Å². The van der Waals surface area contributed by atoms with Crippen LogP contribution < -0.4 is 4.80 Å². The summed E-state index contributed by atoms with van der Waals surface area (Å²) >= 11 is 9.37. The summed E-state index contributed by atoms with van der Waals surface area (Å²) in [5, 5.41) is 9.57. The van der Waals surface area contributed by atoms with Crippen LogP contribution in [0.3, 0.4) is 0 Å². The Labute approximate surface area is 170 Å². The first-order chi connectivity index (χ1) is 13.3. The minimum atomic E-state index is 0.623. The predicted octanol–water partition coefficient (Wildman–Crippen LogP) is 5.91. The molecule has 0 unspecified atom stereocenters. The van der Waals surface area contributed by atoms with Gasteiger partial charge in [-0.2, -0.15) is 5.10 Å². The highest BCUT2D eigenvalue weighted by Crippen LogP contribution is 2.25. The standard InChI is InChI=1S/C21H16ClN3S2/c22-18-9-4-8-17(12-18)14-24-25-19(20-10-5-11-26-20)15-27-21(25)23-13-16-6-2-1-3-7-16/h1-12,14-15H,13H2. The Hall–Kier alpha value is -2.47. The molecule has 4 rings (SSSR count). The Morgan fingerprint density at radius 3 is 2.63 bits per heavy atom. The second-order valence-electron chi connectivity index (χ2n) is 5.79. The molecule has 0 saturated carbocycles. The van der Waals surface area contributed by atoms with E-state index in [0.29, 0.717) is 11.6 Å². The normalized spacial score (nSPS) is 12.1. The van der Waals surface area contributed by atoms with E-state index in [4.69, 9.17) is 21.7 Å². The summed E-state index contributed by atoms with van der Waals surface area (Å²) in [5.74, 6) is 0. The van der Waals surface area contributed by atoms with E-state index < -0.39 is 0 Å². The number of nitrogens with zero attached hydrogens (tertiary/aromatic N) is 3. The van der Waals surface area contributed by atoms with Gasteiger partial charge < -0.3 is 0 Å². The Bertz CT molecular complexity index is 1110. The largest absolute Gasteiger partial charge is 0.253 e. The Kier molecular flexibility index (Phi) is 5.63. The zero-order valence-corrected chi connectivity index (χ0v) is 16.7. The predicted molar refractivity (Wildman–Crippen MR) is 116 cm³/mol. The lowest BCUT2D eigenvalue weighted by molar-refractivity contribution is 0.826. The first-order valence-corrected chi connectivity index (χ1v) is 10.5. The van der Waals surface area contributed by atoms with Gasteiger partial charge in [0.1, 0.15) is 0 Å². The quantitative estimate of drug-likeness (QED) is 0.366. The summed E-state index contributed by atoms with van der Waals surface area (Å²) in [6.45, 7) is 0.623. The van der Waals surface area contributed by atoms with Crippen LogP contribution in [0, 0.1) is 0 Å². The lowest BCUT2D eigenvalue weighted by atomic mass is 10.2. The molecule has 0 bridgehead atoms. The fraction of sp³-hybridized carbons (Fsp3) is 0.0476. The second-order valence-corrected chi connectivity index (χ2v) is 8.01. The first kappa shape index (κ1) is 17.9. The zero-order chi connectivity index (χ0) is 18.5. The molecule has 0 aliphatic rings. The van der Waals surface area contributed by atoms with E-state index in [9.17, 15) is 0 Å². The van der Waals surface area contributed by atoms with Crippen molar-refractivity contribution < 1.29 is 0 Å². The van der Waals surface area contributed by atoms with Crippen molar-refractivity contribution in [1.29, 1.82) is 0 Å². The van der Waals surface area contributed by atoms with Gasteiger partial charge in [0, 0.05) is 10.4 Å². The van der Waals surface area contributed by atoms with Gasteiger partial charge in [0.15, 0.2) is 0 Å². The fourth-order valence-corrected chi connectivity index (χ4v) is 4.40. The lowest BCUT2D eigenvalue weighted by Gasteiger charge is -2.01. The number of rotatable bonds is 5. The van der Waals surface area contributed by atoms with Crippen molar-refractivity contribution in [2.75, 3.05) is 0 Å². The molecule has 0 saturated heterocycles.